The SMILES string of the molecule is CN[C@H]1CC[C@H](Nc2ncc3c(-c4cnc5ncc(Cl)n5c4)ccn3n2)CC1. The van der Waals surface area contributed by atoms with Gasteiger partial charge < -0.3 is 10.6 Å². The predicted octanol–water partition coefficient (Wildman–Crippen LogP) is 3.03. The molecule has 0 unspecified atom stereocenters. The van der Waals surface area contributed by atoms with Gasteiger partial charge in [0, 0.05) is 41.8 Å². The first-order valence-electron chi connectivity index (χ1n) is 9.48. The molecule has 0 saturated heterocycles. The van der Waals surface area contributed by atoms with Crippen molar-refractivity contribution in [3.8, 4) is 11.1 Å². The number of hydrogen-bond donors (Lipinski definition) is 2. The third-order valence-electron chi connectivity index (χ3n) is 5.52. The van der Waals surface area contributed by atoms with Crippen molar-refractivity contribution in [2.45, 2.75) is 37.8 Å². The van der Waals surface area contributed by atoms with Gasteiger partial charge >= 0.3 is 0 Å². The summed E-state index contributed by atoms with van der Waals surface area (Å²) in [5, 5.41) is 12.0. The van der Waals surface area contributed by atoms with Crippen LogP contribution in [0.25, 0.3) is 22.4 Å². The quantitative estimate of drug-likeness (QED) is 0.551. The number of anilines is 1. The molecule has 0 radical (unpaired) electrons. The molecule has 28 heavy (non-hydrogen) atoms. The topological polar surface area (TPSA) is 84.4 Å². The highest BCUT2D eigenvalue weighted by Gasteiger charge is 2.20. The lowest BCUT2D eigenvalue weighted by Gasteiger charge is -2.28. The average Bonchev–Trinajstić information content (AvgIpc) is 3.32. The number of aromatic nitrogens is 6. The fourth-order valence-electron chi connectivity index (χ4n) is 3.90. The van der Waals surface area contributed by atoms with E-state index in [0.717, 1.165) is 29.5 Å². The summed E-state index contributed by atoms with van der Waals surface area (Å²) in [4.78, 5) is 13.1. The molecule has 4 aromatic rings. The first kappa shape index (κ1) is 17.4. The Balaban J connectivity index is 1.41. The van der Waals surface area contributed by atoms with Crippen LogP contribution in [-0.4, -0.2) is 48.1 Å². The number of rotatable bonds is 4. The fraction of sp³-hybridized carbons (Fsp3) is 0.368. The fourth-order valence-corrected chi connectivity index (χ4v) is 4.08. The molecule has 1 fully saturated rings. The minimum Gasteiger partial charge on any atom is -0.350 e. The molecule has 0 atom stereocenters. The van der Waals surface area contributed by atoms with Crippen LogP contribution >= 0.6 is 11.6 Å². The summed E-state index contributed by atoms with van der Waals surface area (Å²) in [5.74, 6) is 1.24. The molecule has 0 aliphatic heterocycles. The van der Waals surface area contributed by atoms with E-state index in [1.54, 1.807) is 16.8 Å². The van der Waals surface area contributed by atoms with E-state index in [1.807, 2.05) is 36.2 Å². The molecule has 1 saturated carbocycles. The van der Waals surface area contributed by atoms with E-state index in [4.69, 9.17) is 11.6 Å². The number of nitrogens with zero attached hydrogens (tertiary/aromatic N) is 6. The molecular formula is C19H21ClN8. The Morgan fingerprint density at radius 1 is 1.04 bits per heavy atom. The molecule has 4 heterocycles. The second-order valence-electron chi connectivity index (χ2n) is 7.22. The molecule has 0 amide bonds. The van der Waals surface area contributed by atoms with E-state index < -0.39 is 0 Å². The Kier molecular flexibility index (Phi) is 4.37. The highest BCUT2D eigenvalue weighted by molar-refractivity contribution is 6.29. The average molecular weight is 397 g/mol. The third kappa shape index (κ3) is 3.08. The van der Waals surface area contributed by atoms with Crippen LogP contribution in [0.1, 0.15) is 25.7 Å². The summed E-state index contributed by atoms with van der Waals surface area (Å²) < 4.78 is 3.61. The van der Waals surface area contributed by atoms with Gasteiger partial charge in [-0.2, -0.15) is 0 Å². The Morgan fingerprint density at radius 2 is 1.82 bits per heavy atom. The minimum absolute atomic E-state index is 0.423. The lowest BCUT2D eigenvalue weighted by molar-refractivity contribution is 0.370. The maximum atomic E-state index is 6.17. The second-order valence-corrected chi connectivity index (χ2v) is 7.60. The number of halogens is 1. The molecular weight excluding hydrogens is 376 g/mol. The Bertz CT molecular complexity index is 1130. The second kappa shape index (κ2) is 7.03. The number of nitrogens with one attached hydrogen (secondary N) is 2. The van der Waals surface area contributed by atoms with Crippen molar-refractivity contribution < 1.29 is 0 Å². The number of hydrogen-bond acceptors (Lipinski definition) is 6. The molecule has 8 nitrogen and oxygen atoms in total. The lowest BCUT2D eigenvalue weighted by atomic mass is 9.91. The normalized spacial score (nSPS) is 20.1. The van der Waals surface area contributed by atoms with Gasteiger partial charge in [-0.25, -0.2) is 19.5 Å². The van der Waals surface area contributed by atoms with Crippen molar-refractivity contribution in [1.29, 1.82) is 0 Å². The molecule has 1 aliphatic rings. The van der Waals surface area contributed by atoms with E-state index in [2.05, 4.69) is 30.7 Å². The summed E-state index contributed by atoms with van der Waals surface area (Å²) in [6.07, 6.45) is 13.7. The van der Waals surface area contributed by atoms with Crippen LogP contribution in [0.5, 0.6) is 0 Å². The number of imidazole rings is 1. The van der Waals surface area contributed by atoms with Gasteiger partial charge in [-0.05, 0) is 38.8 Å². The van der Waals surface area contributed by atoms with Crippen LogP contribution < -0.4 is 10.6 Å². The van der Waals surface area contributed by atoms with E-state index >= 15 is 0 Å². The van der Waals surface area contributed by atoms with Crippen LogP contribution in [0.2, 0.25) is 5.15 Å². The molecule has 4 aromatic heterocycles. The Hall–Kier alpha value is -2.71. The highest BCUT2D eigenvalue weighted by Crippen LogP contribution is 2.26. The molecule has 0 aromatic carbocycles. The third-order valence-corrected chi connectivity index (χ3v) is 5.80. The van der Waals surface area contributed by atoms with Crippen molar-refractivity contribution >= 4 is 28.8 Å². The van der Waals surface area contributed by atoms with Gasteiger partial charge in [-0.15, -0.1) is 5.10 Å². The van der Waals surface area contributed by atoms with Crippen molar-refractivity contribution in [2.75, 3.05) is 12.4 Å². The zero-order valence-electron chi connectivity index (χ0n) is 15.5. The summed E-state index contributed by atoms with van der Waals surface area (Å²) >= 11 is 6.17. The molecule has 9 heteroatoms. The van der Waals surface area contributed by atoms with Crippen molar-refractivity contribution in [3.05, 3.63) is 42.2 Å². The first-order chi connectivity index (χ1) is 13.7. The highest BCUT2D eigenvalue weighted by atomic mass is 35.5. The van der Waals surface area contributed by atoms with Crippen LogP contribution in [0.4, 0.5) is 5.95 Å². The zero-order chi connectivity index (χ0) is 19.1. The van der Waals surface area contributed by atoms with Gasteiger partial charge in [0.25, 0.3) is 0 Å². The zero-order valence-corrected chi connectivity index (χ0v) is 16.3. The summed E-state index contributed by atoms with van der Waals surface area (Å²) in [7, 11) is 2.03. The van der Waals surface area contributed by atoms with Gasteiger partial charge in [-0.3, -0.25) is 4.40 Å². The summed E-state index contributed by atoms with van der Waals surface area (Å²) in [6.45, 7) is 0. The Labute approximate surface area is 167 Å². The van der Waals surface area contributed by atoms with Gasteiger partial charge in [0.15, 0.2) is 0 Å². The van der Waals surface area contributed by atoms with Crippen LogP contribution in [-0.2, 0) is 0 Å². The molecule has 144 valence electrons. The molecule has 1 aliphatic carbocycles. The predicted molar refractivity (Wildman–Crippen MR) is 109 cm³/mol. The van der Waals surface area contributed by atoms with Crippen LogP contribution in [0.3, 0.4) is 0 Å². The molecule has 5 rings (SSSR count). The Morgan fingerprint density at radius 3 is 2.64 bits per heavy atom. The minimum atomic E-state index is 0.423. The monoisotopic (exact) mass is 396 g/mol. The van der Waals surface area contributed by atoms with Gasteiger partial charge in [0.2, 0.25) is 11.7 Å². The lowest BCUT2D eigenvalue weighted by Crippen LogP contribution is -2.35. The van der Waals surface area contributed by atoms with Crippen molar-refractivity contribution in [2.24, 2.45) is 0 Å². The maximum Gasteiger partial charge on any atom is 0.241 e. The van der Waals surface area contributed by atoms with Crippen molar-refractivity contribution in [3.63, 3.8) is 0 Å². The molecule has 0 spiro atoms. The smallest absolute Gasteiger partial charge is 0.241 e. The summed E-state index contributed by atoms with van der Waals surface area (Å²) in [6, 6.07) is 3.06. The van der Waals surface area contributed by atoms with Crippen LogP contribution in [0, 0.1) is 0 Å². The van der Waals surface area contributed by atoms with Crippen molar-refractivity contribution in [1.82, 2.24) is 34.3 Å². The largest absolute Gasteiger partial charge is 0.350 e. The van der Waals surface area contributed by atoms with Crippen LogP contribution in [0.15, 0.2) is 37.1 Å². The van der Waals surface area contributed by atoms with E-state index in [0.29, 0.717) is 29.0 Å². The van der Waals surface area contributed by atoms with Gasteiger partial charge in [0.1, 0.15) is 5.15 Å². The van der Waals surface area contributed by atoms with E-state index in [-0.39, 0.29) is 0 Å². The number of fused-ring (bicyclic) bond motifs is 2. The molecule has 0 bridgehead atoms. The van der Waals surface area contributed by atoms with E-state index in [1.165, 1.54) is 12.8 Å². The summed E-state index contributed by atoms with van der Waals surface area (Å²) in [5.41, 5.74) is 2.85. The van der Waals surface area contributed by atoms with E-state index in [9.17, 15) is 0 Å². The standard InChI is InChI=1S/C19H21ClN8/c1-21-13-2-4-14(5-3-13)25-18-22-9-16-15(6-7-28(16)26-18)12-8-23-19-24-10-17(20)27(19)11-12/h6-11,13-14,21H,2-5H2,1H3,(H,25,26)/t13-,14-. The maximum absolute atomic E-state index is 6.17. The first-order valence-corrected chi connectivity index (χ1v) is 9.86. The molecule has 2 N–H and O–H groups in total. The van der Waals surface area contributed by atoms with Gasteiger partial charge in [0.05, 0.1) is 17.9 Å². The van der Waals surface area contributed by atoms with Gasteiger partial charge in [-0.1, -0.05) is 11.6 Å².